The number of halogens is 1. The number of carbonyl (C=O) groups is 1. The molecule has 1 aromatic carbocycles. The fourth-order valence-corrected chi connectivity index (χ4v) is 4.73. The molecule has 0 saturated heterocycles. The second kappa shape index (κ2) is 5.44. The van der Waals surface area contributed by atoms with Crippen molar-refractivity contribution in [2.75, 3.05) is 0 Å². The number of sulfone groups is 1. The molecule has 0 unspecified atom stereocenters. The smallest absolute Gasteiger partial charge is 0.335 e. The van der Waals surface area contributed by atoms with Gasteiger partial charge in [-0.3, -0.25) is 0 Å². The van der Waals surface area contributed by atoms with Gasteiger partial charge in [0.25, 0.3) is 0 Å². The summed E-state index contributed by atoms with van der Waals surface area (Å²) < 4.78 is 25.2. The molecule has 2 rings (SSSR count). The minimum Gasteiger partial charge on any atom is -0.478 e. The summed E-state index contributed by atoms with van der Waals surface area (Å²) in [4.78, 5) is 11.6. The van der Waals surface area contributed by atoms with Gasteiger partial charge >= 0.3 is 5.97 Å². The topological polar surface area (TPSA) is 71.4 Å². The first-order valence-corrected chi connectivity index (χ1v) is 8.45. The molecule has 0 fully saturated rings. The van der Waals surface area contributed by atoms with E-state index in [1.54, 1.807) is 12.1 Å². The summed E-state index contributed by atoms with van der Waals surface area (Å²) in [6.45, 7) is 0. The Bertz CT molecular complexity index is 719. The van der Waals surface area contributed by atoms with E-state index in [1.165, 1.54) is 35.6 Å². The minimum atomic E-state index is -3.53. The second-order valence-corrected chi connectivity index (χ2v) is 8.34. The Morgan fingerprint density at radius 3 is 2.58 bits per heavy atom. The zero-order valence-electron chi connectivity index (χ0n) is 9.54. The van der Waals surface area contributed by atoms with Gasteiger partial charge in [-0.15, -0.1) is 11.3 Å². The Morgan fingerprint density at radius 2 is 2.00 bits per heavy atom. The largest absolute Gasteiger partial charge is 0.478 e. The number of carboxylic acids is 1. The van der Waals surface area contributed by atoms with Crippen LogP contribution in [0.3, 0.4) is 0 Å². The molecular formula is C12H9BrO4S2. The van der Waals surface area contributed by atoms with Gasteiger partial charge in [0.2, 0.25) is 0 Å². The monoisotopic (exact) mass is 360 g/mol. The molecule has 0 spiro atoms. The van der Waals surface area contributed by atoms with Crippen LogP contribution < -0.4 is 0 Å². The number of hydrogen-bond acceptors (Lipinski definition) is 4. The molecule has 19 heavy (non-hydrogen) atoms. The van der Waals surface area contributed by atoms with Crippen LogP contribution in [0.1, 0.15) is 15.2 Å². The summed E-state index contributed by atoms with van der Waals surface area (Å²) in [6.07, 6.45) is 0. The molecule has 1 N–H and O–H groups in total. The number of rotatable bonds is 4. The fraction of sp³-hybridized carbons (Fsp3) is 0.0833. The third kappa shape index (κ3) is 3.43. The summed E-state index contributed by atoms with van der Waals surface area (Å²) in [5, 5.41) is 8.87. The van der Waals surface area contributed by atoms with Crippen molar-refractivity contribution in [3.8, 4) is 0 Å². The molecule has 0 amide bonds. The summed E-state index contributed by atoms with van der Waals surface area (Å²) in [5.74, 6) is -1.28. The van der Waals surface area contributed by atoms with Crippen molar-refractivity contribution in [1.82, 2.24) is 0 Å². The van der Waals surface area contributed by atoms with Gasteiger partial charge in [-0.05, 0) is 46.3 Å². The van der Waals surface area contributed by atoms with E-state index in [4.69, 9.17) is 5.11 Å². The minimum absolute atomic E-state index is 0.0249. The molecule has 0 saturated carbocycles. The van der Waals surface area contributed by atoms with Gasteiger partial charge < -0.3 is 5.11 Å². The molecule has 0 bridgehead atoms. The van der Waals surface area contributed by atoms with Crippen LogP contribution in [0.25, 0.3) is 0 Å². The van der Waals surface area contributed by atoms with Crippen molar-refractivity contribution >= 4 is 43.1 Å². The number of benzene rings is 1. The lowest BCUT2D eigenvalue weighted by atomic mass is 10.2. The number of hydrogen-bond donors (Lipinski definition) is 1. The van der Waals surface area contributed by atoms with Crippen molar-refractivity contribution in [1.29, 1.82) is 0 Å². The molecule has 7 heteroatoms. The molecule has 0 aliphatic carbocycles. The fourth-order valence-electron chi connectivity index (χ4n) is 1.52. The summed E-state index contributed by atoms with van der Waals surface area (Å²) in [7, 11) is -3.53. The van der Waals surface area contributed by atoms with E-state index >= 15 is 0 Å². The van der Waals surface area contributed by atoms with Crippen molar-refractivity contribution < 1.29 is 18.3 Å². The Kier molecular flexibility index (Phi) is 4.07. The van der Waals surface area contributed by atoms with Crippen LogP contribution in [0, 0.1) is 0 Å². The van der Waals surface area contributed by atoms with Gasteiger partial charge in [-0.25, -0.2) is 13.2 Å². The van der Waals surface area contributed by atoms with E-state index < -0.39 is 15.8 Å². The summed E-state index contributed by atoms with van der Waals surface area (Å²) >= 11 is 4.61. The van der Waals surface area contributed by atoms with Gasteiger partial charge in [0.15, 0.2) is 9.84 Å². The number of aromatic carboxylic acids is 1. The highest BCUT2D eigenvalue weighted by Gasteiger charge is 2.18. The SMILES string of the molecule is O=C(O)c1cccc(S(=O)(=O)Cc2ccc(Br)s2)c1. The van der Waals surface area contributed by atoms with E-state index in [2.05, 4.69) is 15.9 Å². The molecule has 2 aromatic rings. The van der Waals surface area contributed by atoms with E-state index in [1.807, 2.05) is 0 Å². The third-order valence-electron chi connectivity index (χ3n) is 2.40. The summed E-state index contributed by atoms with van der Waals surface area (Å²) in [5.41, 5.74) is -0.0339. The maximum Gasteiger partial charge on any atom is 0.335 e. The third-order valence-corrected chi connectivity index (χ3v) is 5.87. The first kappa shape index (κ1) is 14.2. The standard InChI is InChI=1S/C12H9BrO4S2/c13-11-5-4-9(18-11)7-19(16,17)10-3-1-2-8(6-10)12(14)15/h1-6H,7H2,(H,14,15). The van der Waals surface area contributed by atoms with Crippen LogP contribution >= 0.6 is 27.3 Å². The predicted molar refractivity (Wildman–Crippen MR) is 76.3 cm³/mol. The lowest BCUT2D eigenvalue weighted by molar-refractivity contribution is 0.0696. The Labute approximate surface area is 122 Å². The maximum absolute atomic E-state index is 12.2. The highest BCUT2D eigenvalue weighted by Crippen LogP contribution is 2.26. The molecule has 0 atom stereocenters. The van der Waals surface area contributed by atoms with Gasteiger partial charge in [0.05, 0.1) is 20.0 Å². The van der Waals surface area contributed by atoms with Crippen molar-refractivity contribution in [2.45, 2.75) is 10.6 Å². The molecule has 4 nitrogen and oxygen atoms in total. The maximum atomic E-state index is 12.2. The lowest BCUT2D eigenvalue weighted by Gasteiger charge is -2.04. The average molecular weight is 361 g/mol. The van der Waals surface area contributed by atoms with Crippen LogP contribution in [0.5, 0.6) is 0 Å². The first-order chi connectivity index (χ1) is 8.88. The van der Waals surface area contributed by atoms with Crippen molar-refractivity contribution in [3.63, 3.8) is 0 Å². The van der Waals surface area contributed by atoms with E-state index in [0.717, 1.165) is 3.79 Å². The normalized spacial score (nSPS) is 11.4. The Morgan fingerprint density at radius 1 is 1.26 bits per heavy atom. The lowest BCUT2D eigenvalue weighted by Crippen LogP contribution is -2.06. The zero-order valence-corrected chi connectivity index (χ0v) is 12.8. The molecule has 0 radical (unpaired) electrons. The summed E-state index contributed by atoms with van der Waals surface area (Å²) in [6, 6.07) is 8.89. The van der Waals surface area contributed by atoms with Gasteiger partial charge in [-0.1, -0.05) is 6.07 Å². The number of thiophene rings is 1. The zero-order chi connectivity index (χ0) is 14.0. The van der Waals surface area contributed by atoms with E-state index in [9.17, 15) is 13.2 Å². The molecule has 100 valence electrons. The van der Waals surface area contributed by atoms with Crippen LogP contribution in [0.2, 0.25) is 0 Å². The van der Waals surface area contributed by atoms with Crippen molar-refractivity contribution in [2.24, 2.45) is 0 Å². The molecular weight excluding hydrogens is 352 g/mol. The molecule has 0 aliphatic rings. The van der Waals surface area contributed by atoms with Crippen LogP contribution in [0.4, 0.5) is 0 Å². The van der Waals surface area contributed by atoms with Gasteiger partial charge in [0.1, 0.15) is 0 Å². The van der Waals surface area contributed by atoms with Crippen molar-refractivity contribution in [3.05, 3.63) is 50.6 Å². The molecule has 1 aromatic heterocycles. The van der Waals surface area contributed by atoms with E-state index in [0.29, 0.717) is 4.88 Å². The second-order valence-electron chi connectivity index (χ2n) is 3.80. The highest BCUT2D eigenvalue weighted by atomic mass is 79.9. The average Bonchev–Trinajstić information content (AvgIpc) is 2.74. The molecule has 0 aliphatic heterocycles. The number of carboxylic acid groups (broad SMARTS) is 1. The predicted octanol–water partition coefficient (Wildman–Crippen LogP) is 3.18. The Balaban J connectivity index is 2.34. The quantitative estimate of drug-likeness (QED) is 0.908. The van der Waals surface area contributed by atoms with Crippen LogP contribution in [0.15, 0.2) is 45.1 Å². The van der Waals surface area contributed by atoms with Gasteiger partial charge in [0, 0.05) is 4.88 Å². The molecule has 1 heterocycles. The van der Waals surface area contributed by atoms with Crippen LogP contribution in [-0.4, -0.2) is 19.5 Å². The first-order valence-electron chi connectivity index (χ1n) is 5.19. The highest BCUT2D eigenvalue weighted by molar-refractivity contribution is 9.11. The van der Waals surface area contributed by atoms with Gasteiger partial charge in [-0.2, -0.15) is 0 Å². The van der Waals surface area contributed by atoms with E-state index in [-0.39, 0.29) is 16.2 Å². The Hall–Kier alpha value is -1.18. The van der Waals surface area contributed by atoms with Crippen LogP contribution in [-0.2, 0) is 15.6 Å².